The van der Waals surface area contributed by atoms with E-state index in [-0.39, 0.29) is 17.2 Å². The van der Waals surface area contributed by atoms with Crippen LogP contribution in [0.4, 0.5) is 17.1 Å². The van der Waals surface area contributed by atoms with Crippen LogP contribution in [-0.4, -0.2) is 34.0 Å². The molecule has 3 heterocycles. The second kappa shape index (κ2) is 5.99. The highest BCUT2D eigenvalue weighted by molar-refractivity contribution is 7.92. The topological polar surface area (TPSA) is 69.7 Å². The molecule has 0 atom stereocenters. The Morgan fingerprint density at radius 1 is 0.926 bits per heavy atom. The van der Waals surface area contributed by atoms with Crippen LogP contribution in [0.25, 0.3) is 0 Å². The highest BCUT2D eigenvalue weighted by Crippen LogP contribution is 2.37. The number of hydrogen-bond acceptors (Lipinski definition) is 4. The van der Waals surface area contributed by atoms with Crippen molar-refractivity contribution in [3.05, 3.63) is 47.5 Å². The second-order valence-corrected chi connectivity index (χ2v) is 9.24. The molecule has 1 N–H and O–H groups in total. The van der Waals surface area contributed by atoms with Crippen molar-refractivity contribution < 1.29 is 13.2 Å². The number of nitrogens with zero attached hydrogens (tertiary/aromatic N) is 2. The number of nitrogens with one attached hydrogen (secondary N) is 1. The van der Waals surface area contributed by atoms with Gasteiger partial charge in [-0.15, -0.1) is 0 Å². The summed E-state index contributed by atoms with van der Waals surface area (Å²) in [5, 5.41) is 2.74. The molecule has 5 rings (SSSR count). The van der Waals surface area contributed by atoms with Crippen LogP contribution in [0, 0.1) is 0 Å². The van der Waals surface area contributed by atoms with Crippen LogP contribution in [0.5, 0.6) is 0 Å². The van der Waals surface area contributed by atoms with Gasteiger partial charge in [0.2, 0.25) is 5.91 Å². The lowest BCUT2D eigenvalue weighted by Crippen LogP contribution is -2.29. The van der Waals surface area contributed by atoms with E-state index in [1.807, 2.05) is 12.1 Å². The molecule has 2 aromatic carbocycles. The Balaban J connectivity index is 1.48. The van der Waals surface area contributed by atoms with Crippen molar-refractivity contribution in [1.82, 2.24) is 0 Å². The van der Waals surface area contributed by atoms with Crippen molar-refractivity contribution in [2.24, 2.45) is 0 Å². The monoisotopic (exact) mass is 383 g/mol. The number of carbonyl (C=O) groups is 1. The molecule has 0 saturated carbocycles. The van der Waals surface area contributed by atoms with Gasteiger partial charge in [0, 0.05) is 31.0 Å². The lowest BCUT2D eigenvalue weighted by Gasteiger charge is -2.22. The molecule has 3 aliphatic heterocycles. The zero-order valence-electron chi connectivity index (χ0n) is 14.9. The zero-order valence-corrected chi connectivity index (χ0v) is 15.8. The Bertz CT molecular complexity index is 1040. The SMILES string of the molecule is O=C1Cc2cc(S(=O)(=O)N3CCc4cc(N5CCCC5)ccc43)ccc2N1. The van der Waals surface area contributed by atoms with E-state index in [9.17, 15) is 13.2 Å². The summed E-state index contributed by atoms with van der Waals surface area (Å²) < 4.78 is 28.0. The summed E-state index contributed by atoms with van der Waals surface area (Å²) in [6.45, 7) is 2.60. The molecule has 0 radical (unpaired) electrons. The standard InChI is InChI=1S/C20H21N3O3S/c24-20-13-15-12-17(4-5-18(15)21-20)27(25,26)23-10-7-14-11-16(3-6-19(14)23)22-8-1-2-9-22/h3-6,11-12H,1-2,7-10,13H2,(H,21,24). The average Bonchev–Trinajstić information content (AvgIpc) is 3.38. The molecular formula is C20H21N3O3S. The summed E-state index contributed by atoms with van der Waals surface area (Å²) in [6, 6.07) is 11.0. The van der Waals surface area contributed by atoms with E-state index >= 15 is 0 Å². The number of carbonyl (C=O) groups excluding carboxylic acids is 1. The zero-order chi connectivity index (χ0) is 18.6. The van der Waals surface area contributed by atoms with Gasteiger partial charge in [0.15, 0.2) is 0 Å². The number of benzene rings is 2. The molecule has 0 bridgehead atoms. The molecule has 3 aliphatic rings. The van der Waals surface area contributed by atoms with Crippen LogP contribution in [-0.2, 0) is 27.7 Å². The Morgan fingerprint density at radius 2 is 1.74 bits per heavy atom. The van der Waals surface area contributed by atoms with Crippen molar-refractivity contribution >= 4 is 33.0 Å². The van der Waals surface area contributed by atoms with E-state index < -0.39 is 10.0 Å². The van der Waals surface area contributed by atoms with Crippen molar-refractivity contribution in [3.8, 4) is 0 Å². The van der Waals surface area contributed by atoms with Crippen molar-refractivity contribution in [1.29, 1.82) is 0 Å². The molecule has 7 heteroatoms. The van der Waals surface area contributed by atoms with E-state index in [0.29, 0.717) is 12.2 Å². The summed E-state index contributed by atoms with van der Waals surface area (Å²) in [5.41, 5.74) is 4.49. The highest BCUT2D eigenvalue weighted by Gasteiger charge is 2.32. The molecule has 140 valence electrons. The maximum Gasteiger partial charge on any atom is 0.264 e. The summed E-state index contributed by atoms with van der Waals surface area (Å²) in [4.78, 5) is 14.2. The number of fused-ring (bicyclic) bond motifs is 2. The molecular weight excluding hydrogens is 362 g/mol. The Morgan fingerprint density at radius 3 is 2.56 bits per heavy atom. The average molecular weight is 383 g/mol. The minimum Gasteiger partial charge on any atom is -0.372 e. The van der Waals surface area contributed by atoms with Gasteiger partial charge in [-0.25, -0.2) is 8.42 Å². The lowest BCUT2D eigenvalue weighted by atomic mass is 10.1. The molecule has 2 aromatic rings. The molecule has 6 nitrogen and oxygen atoms in total. The predicted octanol–water partition coefficient (Wildman–Crippen LogP) is 2.53. The van der Waals surface area contributed by atoms with Crippen molar-refractivity contribution in [2.45, 2.75) is 30.6 Å². The van der Waals surface area contributed by atoms with Crippen LogP contribution in [0.15, 0.2) is 41.3 Å². The predicted molar refractivity (Wildman–Crippen MR) is 105 cm³/mol. The first kappa shape index (κ1) is 16.6. The highest BCUT2D eigenvalue weighted by atomic mass is 32.2. The molecule has 1 saturated heterocycles. The summed E-state index contributed by atoms with van der Waals surface area (Å²) >= 11 is 0. The normalized spacial score (nSPS) is 18.6. The maximum atomic E-state index is 13.2. The minimum absolute atomic E-state index is 0.0968. The van der Waals surface area contributed by atoms with Gasteiger partial charge >= 0.3 is 0 Å². The van der Waals surface area contributed by atoms with E-state index in [0.717, 1.165) is 36.3 Å². The van der Waals surface area contributed by atoms with Crippen LogP contribution in [0.1, 0.15) is 24.0 Å². The third-order valence-corrected chi connectivity index (χ3v) is 7.49. The van der Waals surface area contributed by atoms with Crippen LogP contribution < -0.4 is 14.5 Å². The summed E-state index contributed by atoms with van der Waals surface area (Å²) in [6.07, 6.45) is 3.39. The largest absolute Gasteiger partial charge is 0.372 e. The lowest BCUT2D eigenvalue weighted by molar-refractivity contribution is -0.115. The third-order valence-electron chi connectivity index (χ3n) is 5.68. The van der Waals surface area contributed by atoms with Gasteiger partial charge in [0.1, 0.15) is 0 Å². The Kier molecular flexibility index (Phi) is 3.69. The van der Waals surface area contributed by atoms with Crippen molar-refractivity contribution in [3.63, 3.8) is 0 Å². The molecule has 27 heavy (non-hydrogen) atoms. The minimum atomic E-state index is -3.64. The number of hydrogen-bond donors (Lipinski definition) is 1. The summed E-state index contributed by atoms with van der Waals surface area (Å²) in [7, 11) is -3.64. The van der Waals surface area contributed by atoms with Crippen LogP contribution >= 0.6 is 0 Å². The van der Waals surface area contributed by atoms with E-state index in [1.165, 1.54) is 22.8 Å². The maximum absolute atomic E-state index is 13.2. The molecule has 0 spiro atoms. The van der Waals surface area contributed by atoms with E-state index in [4.69, 9.17) is 0 Å². The van der Waals surface area contributed by atoms with Gasteiger partial charge in [-0.1, -0.05) is 0 Å². The number of anilines is 3. The Labute approximate surface area is 158 Å². The van der Waals surface area contributed by atoms with Crippen LogP contribution in [0.2, 0.25) is 0 Å². The van der Waals surface area contributed by atoms with Gasteiger partial charge in [0.05, 0.1) is 17.0 Å². The molecule has 1 fully saturated rings. The van der Waals surface area contributed by atoms with E-state index in [2.05, 4.69) is 16.3 Å². The molecule has 1 amide bonds. The first-order chi connectivity index (χ1) is 13.0. The summed E-state index contributed by atoms with van der Waals surface area (Å²) in [5.74, 6) is -0.0968. The number of amides is 1. The third kappa shape index (κ3) is 2.68. The van der Waals surface area contributed by atoms with E-state index in [1.54, 1.807) is 18.2 Å². The second-order valence-electron chi connectivity index (χ2n) is 7.38. The fourth-order valence-electron chi connectivity index (χ4n) is 4.27. The Hall–Kier alpha value is -2.54. The van der Waals surface area contributed by atoms with Crippen LogP contribution in [0.3, 0.4) is 0 Å². The molecule has 0 aromatic heterocycles. The van der Waals surface area contributed by atoms with Gasteiger partial charge in [-0.2, -0.15) is 0 Å². The van der Waals surface area contributed by atoms with Crippen molar-refractivity contribution in [2.75, 3.05) is 34.2 Å². The van der Waals surface area contributed by atoms with Gasteiger partial charge in [-0.05, 0) is 66.8 Å². The smallest absolute Gasteiger partial charge is 0.264 e. The van der Waals surface area contributed by atoms with Gasteiger partial charge in [0.25, 0.3) is 10.0 Å². The fourth-order valence-corrected chi connectivity index (χ4v) is 5.83. The first-order valence-electron chi connectivity index (χ1n) is 9.36. The number of sulfonamides is 1. The van der Waals surface area contributed by atoms with Gasteiger partial charge in [-0.3, -0.25) is 9.10 Å². The van der Waals surface area contributed by atoms with Gasteiger partial charge < -0.3 is 10.2 Å². The number of rotatable bonds is 3. The molecule has 0 aliphatic carbocycles. The fraction of sp³-hybridized carbons (Fsp3) is 0.350. The molecule has 0 unspecified atom stereocenters. The first-order valence-corrected chi connectivity index (χ1v) is 10.8. The quantitative estimate of drug-likeness (QED) is 0.884.